The zero-order chi connectivity index (χ0) is 21.7. The monoisotopic (exact) mass is 441 g/mol. The first kappa shape index (κ1) is 23.1. The molecule has 1 saturated heterocycles. The number of ether oxygens (including phenoxy) is 1. The van der Waals surface area contributed by atoms with Crippen LogP contribution in [0.1, 0.15) is 43.6 Å². The van der Waals surface area contributed by atoms with Crippen LogP contribution in [0.3, 0.4) is 0 Å². The second-order valence-corrected chi connectivity index (χ2v) is 10.4. The van der Waals surface area contributed by atoms with Gasteiger partial charge in [0.25, 0.3) is 10.2 Å². The number of hydrogen-bond acceptors (Lipinski definition) is 4. The van der Waals surface area contributed by atoms with Gasteiger partial charge in [0.1, 0.15) is 5.82 Å². The number of amides is 1. The van der Waals surface area contributed by atoms with Gasteiger partial charge in [-0.1, -0.05) is 12.1 Å². The largest absolute Gasteiger partial charge is 0.378 e. The molecule has 1 amide bonds. The quantitative estimate of drug-likeness (QED) is 0.627. The number of nitrogens with zero attached hydrogens (tertiary/aromatic N) is 2. The van der Waals surface area contributed by atoms with Gasteiger partial charge in [-0.3, -0.25) is 4.79 Å². The lowest BCUT2D eigenvalue weighted by molar-refractivity contribution is -0.121. The van der Waals surface area contributed by atoms with Crippen molar-refractivity contribution in [3.63, 3.8) is 0 Å². The van der Waals surface area contributed by atoms with Crippen LogP contribution in [-0.2, 0) is 19.7 Å². The van der Waals surface area contributed by atoms with Crippen molar-refractivity contribution in [1.29, 1.82) is 0 Å². The number of likely N-dealkylation sites (tertiary alicyclic amines) is 1. The van der Waals surface area contributed by atoms with Crippen LogP contribution < -0.4 is 4.72 Å². The summed E-state index contributed by atoms with van der Waals surface area (Å²) in [5.41, 5.74) is 1.04. The minimum Gasteiger partial charge on any atom is -0.378 e. The van der Waals surface area contributed by atoms with Gasteiger partial charge in [-0.2, -0.15) is 17.4 Å². The van der Waals surface area contributed by atoms with Crippen LogP contribution >= 0.6 is 0 Å². The Labute approximate surface area is 178 Å². The van der Waals surface area contributed by atoms with Crippen LogP contribution in [0.5, 0.6) is 0 Å². The standard InChI is InChI=1S/C21H32FN3O4S/c1-24(2)30(27,28)23-21-10-11-25(15-26)13-18(21)14-29-20-8-6-16(7-9-20)17-4-3-5-19(22)12-17/h3-5,12,15-16,18,20-21,23H,6-11,13-14H2,1-2H3/t16?,18-,20?,21?/m0/s1. The van der Waals surface area contributed by atoms with Gasteiger partial charge in [0.15, 0.2) is 0 Å². The van der Waals surface area contributed by atoms with E-state index in [2.05, 4.69) is 4.72 Å². The molecular weight excluding hydrogens is 409 g/mol. The number of carbonyl (C=O) groups is 1. The average molecular weight is 442 g/mol. The Morgan fingerprint density at radius 2 is 1.97 bits per heavy atom. The predicted octanol–water partition coefficient (Wildman–Crippen LogP) is 2.11. The van der Waals surface area contributed by atoms with Gasteiger partial charge >= 0.3 is 0 Å². The van der Waals surface area contributed by atoms with E-state index in [0.717, 1.165) is 42.0 Å². The molecule has 2 atom stereocenters. The fourth-order valence-electron chi connectivity index (χ4n) is 4.36. The summed E-state index contributed by atoms with van der Waals surface area (Å²) in [4.78, 5) is 12.9. The molecule has 1 saturated carbocycles. The van der Waals surface area contributed by atoms with E-state index in [9.17, 15) is 17.6 Å². The first-order valence-electron chi connectivity index (χ1n) is 10.5. The molecular formula is C21H32FN3O4S. The van der Waals surface area contributed by atoms with E-state index < -0.39 is 10.2 Å². The number of hydrogen-bond donors (Lipinski definition) is 1. The Hall–Kier alpha value is -1.55. The lowest BCUT2D eigenvalue weighted by Crippen LogP contribution is -2.54. The maximum atomic E-state index is 13.5. The van der Waals surface area contributed by atoms with Crippen molar-refractivity contribution in [2.24, 2.45) is 5.92 Å². The molecule has 0 bridgehead atoms. The van der Waals surface area contributed by atoms with E-state index in [4.69, 9.17) is 4.74 Å². The van der Waals surface area contributed by atoms with Crippen LogP contribution in [-0.4, -0.2) is 70.0 Å². The Morgan fingerprint density at radius 1 is 1.23 bits per heavy atom. The minimum atomic E-state index is -3.55. The van der Waals surface area contributed by atoms with Crippen LogP contribution in [0, 0.1) is 11.7 Å². The Balaban J connectivity index is 1.54. The van der Waals surface area contributed by atoms with Gasteiger partial charge in [0, 0.05) is 39.1 Å². The number of halogens is 1. The fourth-order valence-corrected chi connectivity index (χ4v) is 5.26. The van der Waals surface area contributed by atoms with Gasteiger partial charge in [-0.25, -0.2) is 4.39 Å². The Bertz CT molecular complexity index is 812. The number of rotatable bonds is 8. The molecule has 168 valence electrons. The van der Waals surface area contributed by atoms with Crippen LogP contribution in [0.4, 0.5) is 4.39 Å². The van der Waals surface area contributed by atoms with Crippen LogP contribution in [0.25, 0.3) is 0 Å². The second-order valence-electron chi connectivity index (χ2n) is 8.52. The minimum absolute atomic E-state index is 0.0976. The maximum absolute atomic E-state index is 13.5. The molecule has 3 rings (SSSR count). The normalized spacial score (nSPS) is 27.9. The molecule has 1 aromatic carbocycles. The first-order valence-corrected chi connectivity index (χ1v) is 12.0. The molecule has 9 heteroatoms. The van der Waals surface area contributed by atoms with Gasteiger partial charge < -0.3 is 9.64 Å². The van der Waals surface area contributed by atoms with E-state index in [0.29, 0.717) is 32.0 Å². The molecule has 1 aliphatic carbocycles. The maximum Gasteiger partial charge on any atom is 0.279 e. The van der Waals surface area contributed by atoms with Crippen molar-refractivity contribution in [3.8, 4) is 0 Å². The van der Waals surface area contributed by atoms with Gasteiger partial charge in [0.2, 0.25) is 6.41 Å². The third-order valence-corrected chi connectivity index (χ3v) is 7.80. The molecule has 0 aromatic heterocycles. The van der Waals surface area contributed by atoms with Gasteiger partial charge in [0.05, 0.1) is 12.7 Å². The van der Waals surface area contributed by atoms with E-state index in [-0.39, 0.29) is 23.9 Å². The second kappa shape index (κ2) is 10.2. The molecule has 2 aliphatic rings. The predicted molar refractivity (Wildman–Crippen MR) is 113 cm³/mol. The van der Waals surface area contributed by atoms with E-state index in [1.54, 1.807) is 17.0 Å². The summed E-state index contributed by atoms with van der Waals surface area (Å²) in [6.07, 6.45) is 5.14. The highest BCUT2D eigenvalue weighted by molar-refractivity contribution is 7.87. The van der Waals surface area contributed by atoms with E-state index >= 15 is 0 Å². The highest BCUT2D eigenvalue weighted by Crippen LogP contribution is 2.34. The van der Waals surface area contributed by atoms with Crippen molar-refractivity contribution >= 4 is 16.6 Å². The fraction of sp³-hybridized carbons (Fsp3) is 0.667. The van der Waals surface area contributed by atoms with Gasteiger partial charge in [-0.15, -0.1) is 0 Å². The Morgan fingerprint density at radius 3 is 2.60 bits per heavy atom. The summed E-state index contributed by atoms with van der Waals surface area (Å²) in [6, 6.07) is 6.54. The number of carbonyl (C=O) groups excluding carboxylic acids is 1. The third-order valence-electron chi connectivity index (χ3n) is 6.24. The number of benzene rings is 1. The molecule has 1 aromatic rings. The summed E-state index contributed by atoms with van der Waals surface area (Å²) in [5, 5.41) is 0. The molecule has 2 fully saturated rings. The van der Waals surface area contributed by atoms with E-state index in [1.807, 2.05) is 6.07 Å². The first-order chi connectivity index (χ1) is 14.3. The zero-order valence-electron chi connectivity index (χ0n) is 17.7. The molecule has 7 nitrogen and oxygen atoms in total. The smallest absolute Gasteiger partial charge is 0.279 e. The summed E-state index contributed by atoms with van der Waals surface area (Å²) < 4.78 is 48.1. The van der Waals surface area contributed by atoms with Crippen LogP contribution in [0.15, 0.2) is 24.3 Å². The topological polar surface area (TPSA) is 79.0 Å². The Kier molecular flexibility index (Phi) is 7.84. The van der Waals surface area contributed by atoms with Crippen molar-refractivity contribution in [2.75, 3.05) is 33.8 Å². The molecule has 1 heterocycles. The molecule has 1 N–H and O–H groups in total. The van der Waals surface area contributed by atoms with Crippen molar-refractivity contribution in [2.45, 2.75) is 50.2 Å². The third kappa shape index (κ3) is 6.00. The summed E-state index contributed by atoms with van der Waals surface area (Å²) in [6.45, 7) is 1.41. The van der Waals surface area contributed by atoms with Crippen molar-refractivity contribution in [3.05, 3.63) is 35.6 Å². The highest BCUT2D eigenvalue weighted by Gasteiger charge is 2.33. The van der Waals surface area contributed by atoms with Gasteiger partial charge in [-0.05, 0) is 55.7 Å². The summed E-state index contributed by atoms with van der Waals surface area (Å²) in [5.74, 6) is 0.0502. The SMILES string of the molecule is CN(C)S(=O)(=O)NC1CCN(C=O)C[C@H]1COC1CCC(c2cccc(F)c2)CC1. The zero-order valence-corrected chi connectivity index (χ0v) is 18.5. The lowest BCUT2D eigenvalue weighted by Gasteiger charge is -2.38. The summed E-state index contributed by atoms with van der Waals surface area (Å²) >= 11 is 0. The molecule has 1 unspecified atom stereocenters. The number of nitrogens with one attached hydrogen (secondary N) is 1. The lowest BCUT2D eigenvalue weighted by atomic mass is 9.82. The van der Waals surface area contributed by atoms with E-state index in [1.165, 1.54) is 20.2 Å². The summed E-state index contributed by atoms with van der Waals surface area (Å²) in [7, 11) is -0.566. The average Bonchev–Trinajstić information content (AvgIpc) is 2.73. The highest BCUT2D eigenvalue weighted by atomic mass is 32.2. The molecule has 0 radical (unpaired) electrons. The number of piperidine rings is 1. The van der Waals surface area contributed by atoms with Crippen molar-refractivity contribution in [1.82, 2.24) is 13.9 Å². The molecule has 1 aliphatic heterocycles. The molecule has 30 heavy (non-hydrogen) atoms. The van der Waals surface area contributed by atoms with Crippen LogP contribution in [0.2, 0.25) is 0 Å². The van der Waals surface area contributed by atoms with Crippen molar-refractivity contribution < 1.29 is 22.3 Å². The molecule has 0 spiro atoms.